The van der Waals surface area contributed by atoms with Gasteiger partial charge in [0.2, 0.25) is 5.91 Å². The number of rotatable bonds is 9. The van der Waals surface area contributed by atoms with Crippen molar-refractivity contribution < 1.29 is 23.9 Å². The Labute approximate surface area is 242 Å². The van der Waals surface area contributed by atoms with Gasteiger partial charge in [-0.1, -0.05) is 43.5 Å². The van der Waals surface area contributed by atoms with Gasteiger partial charge in [0.25, 0.3) is 0 Å². The Balaban J connectivity index is 1.38. The van der Waals surface area contributed by atoms with Gasteiger partial charge in [-0.2, -0.15) is 5.10 Å². The molecular weight excluding hydrogens is 524 g/mol. The minimum Gasteiger partial charge on any atom is -0.443 e. The van der Waals surface area contributed by atoms with Crippen molar-refractivity contribution in [2.24, 2.45) is 5.73 Å². The molecule has 1 saturated heterocycles. The molecule has 1 unspecified atom stereocenters. The Kier molecular flexibility index (Phi) is 10.4. The smallest absolute Gasteiger partial charge is 0.418 e. The molecule has 1 aromatic heterocycles. The lowest BCUT2D eigenvalue weighted by molar-refractivity contribution is -0.119. The van der Waals surface area contributed by atoms with E-state index < -0.39 is 29.7 Å². The number of amides is 4. The lowest BCUT2D eigenvalue weighted by Crippen LogP contribution is -2.56. The highest BCUT2D eigenvalue weighted by atomic mass is 16.6. The fraction of sp³-hybridized carbons (Fsp3) is 0.600. The number of imide groups is 1. The summed E-state index contributed by atoms with van der Waals surface area (Å²) in [4.78, 5) is 42.2. The summed E-state index contributed by atoms with van der Waals surface area (Å²) in [6.45, 7) is 10.5. The van der Waals surface area contributed by atoms with Gasteiger partial charge in [0.05, 0.1) is 26.0 Å². The minimum absolute atomic E-state index is 0.201. The Morgan fingerprint density at radius 3 is 2.39 bits per heavy atom. The van der Waals surface area contributed by atoms with Crippen LogP contribution in [0.4, 0.5) is 9.59 Å². The van der Waals surface area contributed by atoms with Crippen LogP contribution < -0.4 is 11.1 Å². The molecule has 224 valence electrons. The molecule has 4 amide bonds. The van der Waals surface area contributed by atoms with E-state index in [1.807, 2.05) is 41.3 Å². The first kappa shape index (κ1) is 30.5. The van der Waals surface area contributed by atoms with Crippen molar-refractivity contribution in [2.75, 3.05) is 32.8 Å². The average molecular weight is 569 g/mol. The highest BCUT2D eigenvalue weighted by Gasteiger charge is 2.36. The van der Waals surface area contributed by atoms with Gasteiger partial charge in [-0.05, 0) is 44.7 Å². The van der Waals surface area contributed by atoms with Crippen molar-refractivity contribution >= 4 is 18.0 Å². The molecule has 0 spiro atoms. The third kappa shape index (κ3) is 9.02. The second-order valence-corrected chi connectivity index (χ2v) is 11.9. The van der Waals surface area contributed by atoms with E-state index >= 15 is 0 Å². The van der Waals surface area contributed by atoms with Gasteiger partial charge >= 0.3 is 12.1 Å². The summed E-state index contributed by atoms with van der Waals surface area (Å²) in [5.74, 6) is -0.670. The van der Waals surface area contributed by atoms with Gasteiger partial charge in [-0.25, -0.2) is 14.5 Å². The normalized spacial score (nSPS) is 17.5. The summed E-state index contributed by atoms with van der Waals surface area (Å²) >= 11 is 0. The average Bonchev–Trinajstić information content (AvgIpc) is 3.41. The second-order valence-electron chi connectivity index (χ2n) is 11.9. The number of nitrogens with one attached hydrogen (secondary N) is 1. The second kappa shape index (κ2) is 14.0. The first-order valence-electron chi connectivity index (χ1n) is 14.6. The van der Waals surface area contributed by atoms with Gasteiger partial charge in [-0.3, -0.25) is 14.4 Å². The Morgan fingerprint density at radius 2 is 1.76 bits per heavy atom. The molecule has 11 heteroatoms. The molecule has 1 aliphatic carbocycles. The molecule has 2 aromatic rings. The lowest BCUT2D eigenvalue weighted by Gasteiger charge is -2.34. The maximum Gasteiger partial charge on any atom is 0.418 e. The van der Waals surface area contributed by atoms with Crippen LogP contribution >= 0.6 is 0 Å². The van der Waals surface area contributed by atoms with E-state index in [4.69, 9.17) is 15.2 Å². The van der Waals surface area contributed by atoms with Crippen LogP contribution in [0.2, 0.25) is 0 Å². The number of hydrogen-bond donors (Lipinski definition) is 2. The van der Waals surface area contributed by atoms with E-state index in [1.165, 1.54) is 0 Å². The minimum atomic E-state index is -0.982. The molecule has 1 saturated carbocycles. The molecule has 2 aliphatic rings. The third-order valence-corrected chi connectivity index (χ3v) is 7.50. The number of nitrogens with two attached hydrogens (primary N) is 1. The van der Waals surface area contributed by atoms with Crippen LogP contribution in [0.25, 0.3) is 11.1 Å². The summed E-state index contributed by atoms with van der Waals surface area (Å²) in [6, 6.07) is 5.84. The number of ether oxygens (including phenoxy) is 2. The number of nitrogens with zero attached hydrogens (tertiary/aromatic N) is 4. The Morgan fingerprint density at radius 1 is 1.07 bits per heavy atom. The molecular formula is C30H44N6O5. The molecule has 41 heavy (non-hydrogen) atoms. The van der Waals surface area contributed by atoms with Crippen LogP contribution in [0.3, 0.4) is 0 Å². The number of aromatic nitrogens is 2. The van der Waals surface area contributed by atoms with E-state index in [0.29, 0.717) is 12.8 Å². The van der Waals surface area contributed by atoms with Crippen molar-refractivity contribution in [3.05, 3.63) is 42.2 Å². The highest BCUT2D eigenvalue weighted by Crippen LogP contribution is 2.25. The summed E-state index contributed by atoms with van der Waals surface area (Å²) in [7, 11) is 0. The van der Waals surface area contributed by atoms with Crippen molar-refractivity contribution in [2.45, 2.75) is 83.5 Å². The van der Waals surface area contributed by atoms with E-state index in [-0.39, 0.29) is 12.5 Å². The molecule has 2 heterocycles. The number of primary amides is 1. The highest BCUT2D eigenvalue weighted by molar-refractivity contribution is 5.94. The molecule has 2 fully saturated rings. The standard InChI is InChI=1S/C30H44N6O5/c1-30(2,3)41-29(39)36(25-7-5-4-6-8-25)28(38)33-26(27(31)37)19-22-9-11-23(12-10-22)24-20-32-35(21-24)14-13-34-15-17-40-18-16-34/h9-12,20-21,25-26H,4-8,13-19H2,1-3H3,(H2,31,37)(H,33,38). The van der Waals surface area contributed by atoms with E-state index in [9.17, 15) is 14.4 Å². The quantitative estimate of drug-likeness (QED) is 0.473. The number of urea groups is 1. The molecule has 11 nitrogen and oxygen atoms in total. The Hall–Kier alpha value is -3.44. The zero-order valence-electron chi connectivity index (χ0n) is 24.5. The van der Waals surface area contributed by atoms with Crippen LogP contribution in [-0.2, 0) is 27.2 Å². The number of morpholine rings is 1. The number of hydrogen-bond acceptors (Lipinski definition) is 7. The lowest BCUT2D eigenvalue weighted by atomic mass is 9.94. The molecule has 0 radical (unpaired) electrons. The number of carbonyl (C=O) groups is 3. The molecule has 0 bridgehead atoms. The molecule has 4 rings (SSSR count). The van der Waals surface area contributed by atoms with Gasteiger partial charge in [0.15, 0.2) is 0 Å². The zero-order chi connectivity index (χ0) is 29.4. The van der Waals surface area contributed by atoms with Gasteiger partial charge in [-0.15, -0.1) is 0 Å². The summed E-state index contributed by atoms with van der Waals surface area (Å²) in [6.07, 6.45) is 7.70. The van der Waals surface area contributed by atoms with Crippen molar-refractivity contribution in [3.63, 3.8) is 0 Å². The van der Waals surface area contributed by atoms with Gasteiger partial charge in [0, 0.05) is 43.9 Å². The summed E-state index contributed by atoms with van der Waals surface area (Å²) < 4.78 is 12.9. The molecule has 3 N–H and O–H groups in total. The van der Waals surface area contributed by atoms with E-state index in [2.05, 4.69) is 15.3 Å². The topological polar surface area (TPSA) is 132 Å². The van der Waals surface area contributed by atoms with Gasteiger partial charge in [0.1, 0.15) is 11.6 Å². The SMILES string of the molecule is CC(C)(C)OC(=O)N(C(=O)NC(Cc1ccc(-c2cnn(CCN3CCOCC3)c2)cc1)C(N)=O)C1CCCCC1. The first-order chi connectivity index (χ1) is 19.6. The van der Waals surface area contributed by atoms with Crippen molar-refractivity contribution in [1.29, 1.82) is 0 Å². The van der Waals surface area contributed by atoms with Crippen LogP contribution in [0, 0.1) is 0 Å². The van der Waals surface area contributed by atoms with Crippen LogP contribution in [0.1, 0.15) is 58.4 Å². The maximum atomic E-state index is 13.4. The number of benzene rings is 1. The number of carbonyl (C=O) groups excluding carboxylic acids is 3. The fourth-order valence-electron chi connectivity index (χ4n) is 5.26. The summed E-state index contributed by atoms with van der Waals surface area (Å²) in [5, 5.41) is 7.21. The molecule has 1 aromatic carbocycles. The zero-order valence-corrected chi connectivity index (χ0v) is 24.5. The first-order valence-corrected chi connectivity index (χ1v) is 14.6. The van der Waals surface area contributed by atoms with Crippen molar-refractivity contribution in [3.8, 4) is 11.1 Å². The largest absolute Gasteiger partial charge is 0.443 e. The summed E-state index contributed by atoms with van der Waals surface area (Å²) in [5.41, 5.74) is 7.76. The van der Waals surface area contributed by atoms with E-state index in [0.717, 1.165) is 80.2 Å². The van der Waals surface area contributed by atoms with Crippen LogP contribution in [0.15, 0.2) is 36.7 Å². The monoisotopic (exact) mass is 568 g/mol. The van der Waals surface area contributed by atoms with Gasteiger partial charge < -0.3 is 20.5 Å². The third-order valence-electron chi connectivity index (χ3n) is 7.50. The maximum absolute atomic E-state index is 13.4. The predicted molar refractivity (Wildman–Crippen MR) is 155 cm³/mol. The fourth-order valence-corrected chi connectivity index (χ4v) is 5.26. The van der Waals surface area contributed by atoms with Crippen molar-refractivity contribution in [1.82, 2.24) is 24.9 Å². The van der Waals surface area contributed by atoms with Crippen LogP contribution in [-0.4, -0.2) is 88.1 Å². The Bertz CT molecular complexity index is 1160. The van der Waals surface area contributed by atoms with E-state index in [1.54, 1.807) is 20.8 Å². The molecule has 1 aliphatic heterocycles. The van der Waals surface area contributed by atoms with Crippen LogP contribution in [0.5, 0.6) is 0 Å². The molecule has 1 atom stereocenters. The predicted octanol–water partition coefficient (Wildman–Crippen LogP) is 3.56.